The molecule has 1 unspecified atom stereocenters. The molecule has 0 saturated carbocycles. The molecule has 0 saturated heterocycles. The van der Waals surface area contributed by atoms with Crippen molar-refractivity contribution in [2.75, 3.05) is 4.43 Å². The number of carbonyl (C=O) groups is 1. The number of halogens is 1. The van der Waals surface area contributed by atoms with E-state index in [4.69, 9.17) is 4.43 Å². The maximum Gasteiger partial charge on any atom is 0.295 e. The zero-order valence-electron chi connectivity index (χ0n) is 11.3. The first-order valence-electron chi connectivity index (χ1n) is 6.25. The van der Waals surface area contributed by atoms with E-state index in [1.54, 1.807) is 0 Å². The average molecular weight is 376 g/mol. The molecule has 1 aromatic carbocycles. The summed E-state index contributed by atoms with van der Waals surface area (Å²) < 4.78 is 6.60. The fraction of sp³-hybridized carbons (Fsp3) is 0.500. The van der Waals surface area contributed by atoms with E-state index >= 15 is 0 Å². The first kappa shape index (κ1) is 15.7. The summed E-state index contributed by atoms with van der Waals surface area (Å²) in [6.45, 7) is 6.15. The Kier molecular flexibility index (Phi) is 6.35. The molecule has 0 aliphatic carbocycles. The molecule has 0 spiro atoms. The third-order valence-electron chi connectivity index (χ3n) is 2.52. The summed E-state index contributed by atoms with van der Waals surface area (Å²) in [6.07, 6.45) is 1.67. The summed E-state index contributed by atoms with van der Waals surface area (Å²) in [5.41, 5.74) is 1.21. The molecule has 1 rings (SSSR count). The van der Waals surface area contributed by atoms with Crippen LogP contribution in [0.2, 0.25) is 19.6 Å². The number of carbonyl (C=O) groups excluding carboxylic acids is 1. The van der Waals surface area contributed by atoms with E-state index < -0.39 is 8.32 Å². The van der Waals surface area contributed by atoms with Crippen molar-refractivity contribution in [1.82, 2.24) is 0 Å². The lowest BCUT2D eigenvalue weighted by Crippen LogP contribution is -2.33. The number of rotatable bonds is 6. The molecular weight excluding hydrogens is 355 g/mol. The monoisotopic (exact) mass is 376 g/mol. The average Bonchev–Trinajstić information content (AvgIpc) is 2.27. The largest absolute Gasteiger partial charge is 0.520 e. The lowest BCUT2D eigenvalue weighted by Gasteiger charge is -2.22. The third-order valence-corrected chi connectivity index (χ3v) is 3.96. The van der Waals surface area contributed by atoms with Crippen LogP contribution in [0, 0.1) is 5.92 Å². The van der Waals surface area contributed by atoms with Crippen molar-refractivity contribution in [2.24, 2.45) is 5.92 Å². The zero-order valence-corrected chi connectivity index (χ0v) is 14.4. The Bertz CT molecular complexity index is 373. The van der Waals surface area contributed by atoms with Crippen LogP contribution in [0.4, 0.5) is 0 Å². The highest BCUT2D eigenvalue weighted by atomic mass is 127. The lowest BCUT2D eigenvalue weighted by molar-refractivity contribution is -0.139. The van der Waals surface area contributed by atoms with Crippen LogP contribution in [0.25, 0.3) is 0 Å². The van der Waals surface area contributed by atoms with Gasteiger partial charge < -0.3 is 4.43 Å². The quantitative estimate of drug-likeness (QED) is 0.425. The molecule has 0 radical (unpaired) electrons. The standard InChI is InChI=1S/C14H21IO2Si/c1-18(2,3)17-14(16)13(9-10-15)11-12-7-5-4-6-8-12/h4-8,13H,9-11H2,1-3H3. The van der Waals surface area contributed by atoms with Crippen LogP contribution in [0.5, 0.6) is 0 Å². The second-order valence-electron chi connectivity index (χ2n) is 5.40. The number of alkyl halides is 1. The number of hydrogen-bond acceptors (Lipinski definition) is 2. The van der Waals surface area contributed by atoms with Gasteiger partial charge in [0.25, 0.3) is 5.97 Å². The van der Waals surface area contributed by atoms with Gasteiger partial charge in [0.05, 0.1) is 5.92 Å². The molecule has 1 aromatic rings. The Labute approximate surface area is 124 Å². The minimum absolute atomic E-state index is 0.00368. The first-order valence-corrected chi connectivity index (χ1v) is 11.2. The van der Waals surface area contributed by atoms with Crippen LogP contribution in [0.3, 0.4) is 0 Å². The summed E-state index contributed by atoms with van der Waals surface area (Å²) in [6, 6.07) is 10.2. The van der Waals surface area contributed by atoms with Crippen LogP contribution in [-0.4, -0.2) is 18.7 Å². The van der Waals surface area contributed by atoms with Gasteiger partial charge in [-0.2, -0.15) is 0 Å². The van der Waals surface area contributed by atoms with Gasteiger partial charge in [0.1, 0.15) is 0 Å². The SMILES string of the molecule is C[Si](C)(C)OC(=O)C(CCI)Cc1ccccc1. The number of hydrogen-bond donors (Lipinski definition) is 0. The summed E-state index contributed by atoms with van der Waals surface area (Å²) in [5, 5.41) is 0. The van der Waals surface area contributed by atoms with Crippen molar-refractivity contribution in [3.63, 3.8) is 0 Å². The van der Waals surface area contributed by atoms with Crippen LogP contribution in [-0.2, 0) is 15.6 Å². The first-order chi connectivity index (χ1) is 8.42. The van der Waals surface area contributed by atoms with Gasteiger partial charge in [-0.15, -0.1) is 0 Å². The van der Waals surface area contributed by atoms with E-state index in [2.05, 4.69) is 54.4 Å². The minimum Gasteiger partial charge on any atom is -0.520 e. The van der Waals surface area contributed by atoms with Gasteiger partial charge in [-0.1, -0.05) is 52.9 Å². The molecule has 0 aromatic heterocycles. The normalized spacial score (nSPS) is 13.1. The van der Waals surface area contributed by atoms with Gasteiger partial charge in [-0.25, -0.2) is 0 Å². The molecule has 2 nitrogen and oxygen atoms in total. The molecule has 100 valence electrons. The van der Waals surface area contributed by atoms with Gasteiger partial charge >= 0.3 is 0 Å². The summed E-state index contributed by atoms with van der Waals surface area (Å²) in [4.78, 5) is 12.2. The number of benzene rings is 1. The van der Waals surface area contributed by atoms with E-state index in [1.807, 2.05) is 18.2 Å². The predicted octanol–water partition coefficient (Wildman–Crippen LogP) is 4.05. The summed E-state index contributed by atoms with van der Waals surface area (Å²) >= 11 is 2.32. The van der Waals surface area contributed by atoms with Crippen molar-refractivity contribution < 1.29 is 9.22 Å². The molecule has 1 atom stereocenters. The van der Waals surface area contributed by atoms with Gasteiger partial charge in [0.15, 0.2) is 0 Å². The van der Waals surface area contributed by atoms with E-state index in [0.29, 0.717) is 0 Å². The molecule has 0 aliphatic heterocycles. The van der Waals surface area contributed by atoms with E-state index in [0.717, 1.165) is 17.3 Å². The van der Waals surface area contributed by atoms with Gasteiger partial charge in [0.2, 0.25) is 8.32 Å². The van der Waals surface area contributed by atoms with Crippen LogP contribution >= 0.6 is 22.6 Å². The zero-order chi connectivity index (χ0) is 13.6. The Morgan fingerprint density at radius 1 is 1.28 bits per heavy atom. The van der Waals surface area contributed by atoms with Gasteiger partial charge in [0, 0.05) is 4.43 Å². The Morgan fingerprint density at radius 3 is 2.39 bits per heavy atom. The van der Waals surface area contributed by atoms with Crippen LogP contribution in [0.15, 0.2) is 30.3 Å². The highest BCUT2D eigenvalue weighted by Crippen LogP contribution is 2.18. The third kappa shape index (κ3) is 6.00. The Morgan fingerprint density at radius 2 is 1.89 bits per heavy atom. The fourth-order valence-corrected chi connectivity index (χ4v) is 3.24. The summed E-state index contributed by atoms with van der Waals surface area (Å²) in [5.74, 6) is -0.0225. The van der Waals surface area contributed by atoms with Crippen molar-refractivity contribution in [3.05, 3.63) is 35.9 Å². The Hall–Kier alpha value is -0.363. The van der Waals surface area contributed by atoms with E-state index in [1.165, 1.54) is 5.56 Å². The highest BCUT2D eigenvalue weighted by molar-refractivity contribution is 14.1. The van der Waals surface area contributed by atoms with Crippen LogP contribution in [0.1, 0.15) is 12.0 Å². The minimum atomic E-state index is -1.78. The molecule has 0 fully saturated rings. The van der Waals surface area contributed by atoms with Crippen molar-refractivity contribution >= 4 is 36.9 Å². The predicted molar refractivity (Wildman–Crippen MR) is 86.6 cm³/mol. The molecule has 0 heterocycles. The van der Waals surface area contributed by atoms with Crippen molar-refractivity contribution in [1.29, 1.82) is 0 Å². The van der Waals surface area contributed by atoms with Crippen LogP contribution < -0.4 is 0 Å². The molecule has 0 amide bonds. The second kappa shape index (κ2) is 7.28. The smallest absolute Gasteiger partial charge is 0.295 e. The van der Waals surface area contributed by atoms with E-state index in [-0.39, 0.29) is 11.9 Å². The topological polar surface area (TPSA) is 26.3 Å². The maximum absolute atomic E-state index is 12.2. The fourth-order valence-electron chi connectivity index (χ4n) is 1.72. The maximum atomic E-state index is 12.2. The molecule has 4 heteroatoms. The van der Waals surface area contributed by atoms with E-state index in [9.17, 15) is 4.79 Å². The lowest BCUT2D eigenvalue weighted by atomic mass is 9.97. The molecule has 0 bridgehead atoms. The van der Waals surface area contributed by atoms with Gasteiger partial charge in [-0.3, -0.25) is 4.79 Å². The van der Waals surface area contributed by atoms with Gasteiger partial charge in [-0.05, 0) is 38.0 Å². The molecule has 0 N–H and O–H groups in total. The second-order valence-corrected chi connectivity index (χ2v) is 10.9. The van der Waals surface area contributed by atoms with Crippen molar-refractivity contribution in [2.45, 2.75) is 32.5 Å². The molecule has 18 heavy (non-hydrogen) atoms. The Balaban J connectivity index is 2.68. The molecule has 0 aliphatic rings. The van der Waals surface area contributed by atoms with Crippen molar-refractivity contribution in [3.8, 4) is 0 Å². The summed E-state index contributed by atoms with van der Waals surface area (Å²) in [7, 11) is -1.78. The highest BCUT2D eigenvalue weighted by Gasteiger charge is 2.26. The molecular formula is C14H21IO2Si.